The summed E-state index contributed by atoms with van der Waals surface area (Å²) >= 11 is 0. The highest BCUT2D eigenvalue weighted by atomic mass is 32.2. The molecule has 1 rings (SSSR count). The van der Waals surface area contributed by atoms with Crippen LogP contribution in [-0.2, 0) is 19.6 Å². The van der Waals surface area contributed by atoms with Gasteiger partial charge in [0.2, 0.25) is 10.0 Å². The van der Waals surface area contributed by atoms with Gasteiger partial charge in [-0.15, -0.1) is 0 Å². The van der Waals surface area contributed by atoms with E-state index in [2.05, 4.69) is 4.72 Å². The van der Waals surface area contributed by atoms with Crippen molar-refractivity contribution in [2.75, 3.05) is 13.2 Å². The monoisotopic (exact) mass is 315 g/mol. The summed E-state index contributed by atoms with van der Waals surface area (Å²) in [6, 6.07) is 4.19. The summed E-state index contributed by atoms with van der Waals surface area (Å²) in [7, 11) is -3.88. The van der Waals surface area contributed by atoms with E-state index < -0.39 is 22.0 Å². The molecule has 0 spiro atoms. The van der Waals surface area contributed by atoms with Gasteiger partial charge < -0.3 is 9.84 Å². The van der Waals surface area contributed by atoms with Crippen LogP contribution in [0.1, 0.15) is 29.3 Å². The van der Waals surface area contributed by atoms with Crippen LogP contribution in [0.15, 0.2) is 23.1 Å². The molecule has 1 aromatic rings. The van der Waals surface area contributed by atoms with E-state index in [1.54, 1.807) is 13.8 Å². The SMILES string of the molecule is CCOC(=O)c1ccc(C)c(S(=O)(=O)NCCC(=O)O)c1. The van der Waals surface area contributed by atoms with Crippen molar-refractivity contribution in [1.82, 2.24) is 4.72 Å². The third-order valence-electron chi connectivity index (χ3n) is 2.62. The number of hydrogen-bond donors (Lipinski definition) is 2. The first-order chi connectivity index (χ1) is 9.77. The van der Waals surface area contributed by atoms with Crippen LogP contribution in [0, 0.1) is 6.92 Å². The summed E-state index contributed by atoms with van der Waals surface area (Å²) in [5.74, 6) is -1.71. The van der Waals surface area contributed by atoms with Gasteiger partial charge in [0.15, 0.2) is 0 Å². The van der Waals surface area contributed by atoms with Gasteiger partial charge in [-0.1, -0.05) is 6.07 Å². The highest BCUT2D eigenvalue weighted by molar-refractivity contribution is 7.89. The number of esters is 1. The van der Waals surface area contributed by atoms with Gasteiger partial charge in [-0.2, -0.15) is 0 Å². The van der Waals surface area contributed by atoms with Gasteiger partial charge >= 0.3 is 11.9 Å². The Labute approximate surface area is 123 Å². The van der Waals surface area contributed by atoms with Gasteiger partial charge in [0.05, 0.1) is 23.5 Å². The molecular weight excluding hydrogens is 298 g/mol. The summed E-state index contributed by atoms with van der Waals surface area (Å²) in [5.41, 5.74) is 0.576. The highest BCUT2D eigenvalue weighted by Crippen LogP contribution is 2.17. The van der Waals surface area contributed by atoms with Crippen molar-refractivity contribution in [3.05, 3.63) is 29.3 Å². The van der Waals surface area contributed by atoms with Crippen molar-refractivity contribution >= 4 is 22.0 Å². The zero-order valence-corrected chi connectivity index (χ0v) is 12.6. The van der Waals surface area contributed by atoms with Crippen molar-refractivity contribution in [1.29, 1.82) is 0 Å². The molecule has 0 saturated heterocycles. The predicted molar refractivity (Wildman–Crippen MR) is 74.6 cm³/mol. The Hall–Kier alpha value is -1.93. The molecule has 0 atom stereocenters. The van der Waals surface area contributed by atoms with Gasteiger partial charge in [-0.3, -0.25) is 4.79 Å². The van der Waals surface area contributed by atoms with Gasteiger partial charge in [-0.25, -0.2) is 17.9 Å². The molecule has 0 aliphatic rings. The molecular formula is C13H17NO6S. The number of sulfonamides is 1. The largest absolute Gasteiger partial charge is 0.481 e. The van der Waals surface area contributed by atoms with Gasteiger partial charge in [-0.05, 0) is 31.5 Å². The fraction of sp³-hybridized carbons (Fsp3) is 0.385. The number of rotatable bonds is 7. The molecule has 0 aliphatic heterocycles. The smallest absolute Gasteiger partial charge is 0.338 e. The Balaban J connectivity index is 3.02. The first-order valence-electron chi connectivity index (χ1n) is 6.27. The molecule has 0 aromatic heterocycles. The van der Waals surface area contributed by atoms with Crippen molar-refractivity contribution in [3.8, 4) is 0 Å². The maximum Gasteiger partial charge on any atom is 0.338 e. The van der Waals surface area contributed by atoms with Crippen molar-refractivity contribution < 1.29 is 27.9 Å². The Morgan fingerprint density at radius 1 is 1.33 bits per heavy atom. The second-order valence-electron chi connectivity index (χ2n) is 4.24. The number of aliphatic carboxylic acids is 1. The minimum absolute atomic E-state index is 0.0709. The number of ether oxygens (including phenoxy) is 1. The molecule has 0 bridgehead atoms. The van der Waals surface area contributed by atoms with Crippen LogP contribution in [0.25, 0.3) is 0 Å². The molecule has 0 heterocycles. The molecule has 0 aliphatic carbocycles. The standard InChI is InChI=1S/C13H17NO6S/c1-3-20-13(17)10-5-4-9(2)11(8-10)21(18,19)14-7-6-12(15)16/h4-5,8,14H,3,6-7H2,1-2H3,(H,15,16). The van der Waals surface area contributed by atoms with E-state index in [1.807, 2.05) is 0 Å². The van der Waals surface area contributed by atoms with E-state index in [-0.39, 0.29) is 30.0 Å². The lowest BCUT2D eigenvalue weighted by Gasteiger charge is -2.10. The van der Waals surface area contributed by atoms with E-state index in [0.29, 0.717) is 5.56 Å². The number of carbonyl (C=O) groups is 2. The van der Waals surface area contributed by atoms with Crippen molar-refractivity contribution in [3.63, 3.8) is 0 Å². The summed E-state index contributed by atoms with van der Waals surface area (Å²) in [5, 5.41) is 8.52. The summed E-state index contributed by atoms with van der Waals surface area (Å²) < 4.78 is 31.2. The molecule has 7 nitrogen and oxygen atoms in total. The average molecular weight is 315 g/mol. The van der Waals surface area contributed by atoms with Crippen LogP contribution < -0.4 is 4.72 Å². The second-order valence-corrected chi connectivity index (χ2v) is 5.98. The van der Waals surface area contributed by atoms with Gasteiger partial charge in [0.1, 0.15) is 0 Å². The fourth-order valence-corrected chi connectivity index (χ4v) is 2.90. The summed E-state index contributed by atoms with van der Waals surface area (Å²) in [4.78, 5) is 22.0. The van der Waals surface area contributed by atoms with Crippen LogP contribution in [0.2, 0.25) is 0 Å². The van der Waals surface area contributed by atoms with Crippen LogP contribution >= 0.6 is 0 Å². The van der Waals surface area contributed by atoms with Crippen LogP contribution in [-0.4, -0.2) is 38.6 Å². The lowest BCUT2D eigenvalue weighted by molar-refractivity contribution is -0.136. The van der Waals surface area contributed by atoms with Crippen LogP contribution in [0.5, 0.6) is 0 Å². The topological polar surface area (TPSA) is 110 Å². The van der Waals surface area contributed by atoms with Crippen molar-refractivity contribution in [2.45, 2.75) is 25.2 Å². The quantitative estimate of drug-likeness (QED) is 0.724. The van der Waals surface area contributed by atoms with E-state index in [9.17, 15) is 18.0 Å². The zero-order valence-electron chi connectivity index (χ0n) is 11.8. The fourth-order valence-electron chi connectivity index (χ4n) is 1.60. The molecule has 0 saturated carbocycles. The predicted octanol–water partition coefficient (Wildman–Crippen LogP) is 0.925. The first-order valence-corrected chi connectivity index (χ1v) is 7.75. The lowest BCUT2D eigenvalue weighted by Crippen LogP contribution is -2.27. The molecule has 1 aromatic carbocycles. The molecule has 8 heteroatoms. The minimum Gasteiger partial charge on any atom is -0.481 e. The Morgan fingerprint density at radius 2 is 2.00 bits per heavy atom. The van der Waals surface area contributed by atoms with E-state index in [0.717, 1.165) is 0 Å². The first kappa shape index (κ1) is 17.1. The Kier molecular flexibility index (Phi) is 5.86. The minimum atomic E-state index is -3.88. The second kappa shape index (κ2) is 7.19. The number of aryl methyl sites for hydroxylation is 1. The molecule has 0 radical (unpaired) electrons. The number of carboxylic acids is 1. The summed E-state index contributed by atoms with van der Waals surface area (Å²) in [6.45, 7) is 3.20. The van der Waals surface area contributed by atoms with Crippen molar-refractivity contribution in [2.24, 2.45) is 0 Å². The lowest BCUT2D eigenvalue weighted by atomic mass is 10.1. The summed E-state index contributed by atoms with van der Waals surface area (Å²) in [6.07, 6.45) is -0.324. The average Bonchev–Trinajstić information content (AvgIpc) is 2.38. The molecule has 0 unspecified atom stereocenters. The number of benzene rings is 1. The normalized spacial score (nSPS) is 11.1. The van der Waals surface area contributed by atoms with Gasteiger partial charge in [0, 0.05) is 6.54 Å². The van der Waals surface area contributed by atoms with Gasteiger partial charge in [0.25, 0.3) is 0 Å². The third kappa shape index (κ3) is 4.83. The van der Waals surface area contributed by atoms with E-state index in [1.165, 1.54) is 18.2 Å². The zero-order chi connectivity index (χ0) is 16.0. The number of hydrogen-bond acceptors (Lipinski definition) is 5. The Bertz CT molecular complexity index is 638. The van der Waals surface area contributed by atoms with E-state index >= 15 is 0 Å². The molecule has 21 heavy (non-hydrogen) atoms. The van der Waals surface area contributed by atoms with Crippen LogP contribution in [0.4, 0.5) is 0 Å². The van der Waals surface area contributed by atoms with Crippen LogP contribution in [0.3, 0.4) is 0 Å². The molecule has 0 amide bonds. The number of carbonyl (C=O) groups excluding carboxylic acids is 1. The highest BCUT2D eigenvalue weighted by Gasteiger charge is 2.19. The number of nitrogens with one attached hydrogen (secondary N) is 1. The maximum absolute atomic E-state index is 12.1. The molecule has 2 N–H and O–H groups in total. The van der Waals surface area contributed by atoms with E-state index in [4.69, 9.17) is 9.84 Å². The maximum atomic E-state index is 12.1. The molecule has 0 fully saturated rings. The Morgan fingerprint density at radius 3 is 2.57 bits per heavy atom. The number of carboxylic acid groups (broad SMARTS) is 1. The molecule has 116 valence electrons. The third-order valence-corrected chi connectivity index (χ3v) is 4.22.